The zero-order chi connectivity index (χ0) is 31.6. The van der Waals surface area contributed by atoms with Gasteiger partial charge in [-0.05, 0) is 82.2 Å². The van der Waals surface area contributed by atoms with Crippen molar-refractivity contribution in [3.8, 4) is 17.2 Å². The summed E-state index contributed by atoms with van der Waals surface area (Å²) >= 11 is 9.53. The molecule has 0 radical (unpaired) electrons. The number of hydrogen-bond donors (Lipinski definition) is 6. The van der Waals surface area contributed by atoms with Crippen molar-refractivity contribution in [2.75, 3.05) is 0 Å². The van der Waals surface area contributed by atoms with Crippen molar-refractivity contribution in [1.29, 1.82) is 0 Å². The molecule has 0 bridgehead atoms. The van der Waals surface area contributed by atoms with E-state index in [9.17, 15) is 15.3 Å². The molecule has 0 aliphatic heterocycles. The van der Waals surface area contributed by atoms with Crippen LogP contribution in [0.25, 0.3) is 0 Å². The molecule has 0 fully saturated rings. The maximum atomic E-state index is 9.62. The van der Waals surface area contributed by atoms with E-state index in [-0.39, 0.29) is 33.5 Å². The van der Waals surface area contributed by atoms with Gasteiger partial charge in [0.05, 0.1) is 0 Å². The summed E-state index contributed by atoms with van der Waals surface area (Å²) in [6.45, 7) is 18.5. The second-order valence-electron chi connectivity index (χ2n) is 11.5. The molecule has 0 aromatic carbocycles. The van der Waals surface area contributed by atoms with Crippen LogP contribution >= 0.6 is 56.4 Å². The molecule has 0 saturated heterocycles. The minimum absolute atomic E-state index is 0.0461. The van der Waals surface area contributed by atoms with Crippen LogP contribution in [0.3, 0.4) is 0 Å². The normalized spacial score (nSPS) is 11.4. The summed E-state index contributed by atoms with van der Waals surface area (Å²) in [5.74, 6) is 0.722. The Morgan fingerprint density at radius 3 is 0.800 bits per heavy atom. The summed E-state index contributed by atoms with van der Waals surface area (Å²) in [6, 6.07) is 5.50. The summed E-state index contributed by atoms with van der Waals surface area (Å²) in [5, 5.41) is 28.9. The Morgan fingerprint density at radius 2 is 0.675 bits per heavy atom. The van der Waals surface area contributed by atoms with Gasteiger partial charge in [-0.15, -0.1) is 0 Å². The summed E-state index contributed by atoms with van der Waals surface area (Å²) in [7, 11) is -2.62. The highest BCUT2D eigenvalue weighted by Crippen LogP contribution is 2.36. The average molecular weight is 772 g/mol. The lowest BCUT2D eigenvalue weighted by Crippen LogP contribution is -2.11. The van der Waals surface area contributed by atoms with Crippen LogP contribution in [0.5, 0.6) is 17.2 Å². The molecule has 13 heteroatoms. The number of halogens is 3. The Labute approximate surface area is 263 Å². The van der Waals surface area contributed by atoms with Gasteiger partial charge in [0.1, 0.15) is 13.8 Å². The Kier molecular flexibility index (Phi) is 15.7. The van der Waals surface area contributed by atoms with Crippen LogP contribution in [-0.2, 0) is 16.2 Å². The maximum absolute atomic E-state index is 9.62. The van der Waals surface area contributed by atoms with Crippen LogP contribution < -0.4 is 0 Å². The smallest absolute Gasteiger partial charge is 0.324 e. The fraction of sp³-hybridized carbons (Fsp3) is 0.444. The maximum Gasteiger partial charge on any atom is 0.324 e. The van der Waals surface area contributed by atoms with Crippen molar-refractivity contribution in [3.63, 3.8) is 0 Å². The summed E-state index contributed by atoms with van der Waals surface area (Å²) in [4.78, 5) is 33.5. The van der Waals surface area contributed by atoms with Crippen LogP contribution in [0.4, 0.5) is 0 Å². The summed E-state index contributed by atoms with van der Waals surface area (Å²) < 4.78 is 1.53. The lowest BCUT2D eigenvalue weighted by Gasteiger charge is -2.20. The van der Waals surface area contributed by atoms with Gasteiger partial charge in [0.15, 0.2) is 17.2 Å². The first kappa shape index (κ1) is 38.6. The Balaban J connectivity index is 0.000000534. The van der Waals surface area contributed by atoms with E-state index in [1.807, 2.05) is 18.2 Å². The molecule has 0 aliphatic carbocycles. The van der Waals surface area contributed by atoms with Crippen LogP contribution in [0.15, 0.2) is 50.6 Å². The zero-order valence-corrected chi connectivity index (χ0v) is 29.7. The van der Waals surface area contributed by atoms with E-state index < -0.39 is 8.60 Å². The monoisotopic (exact) mass is 769 g/mol. The number of rotatable bonds is 0. The molecule has 0 amide bonds. The topological polar surface area (TPSA) is 160 Å². The molecular weight excluding hydrogens is 733 g/mol. The Bertz CT molecular complexity index is 1080. The second-order valence-corrected chi connectivity index (χ2v) is 14.3. The molecule has 0 spiro atoms. The number of aromatic nitrogens is 3. The van der Waals surface area contributed by atoms with E-state index >= 15 is 0 Å². The third kappa shape index (κ3) is 13.5. The van der Waals surface area contributed by atoms with Gasteiger partial charge in [0.25, 0.3) is 0 Å². The largest absolute Gasteiger partial charge is 0.505 e. The minimum Gasteiger partial charge on any atom is -0.505 e. The molecule has 40 heavy (non-hydrogen) atoms. The average Bonchev–Trinajstić information content (AvgIpc) is 2.77. The molecule has 0 saturated carbocycles. The Morgan fingerprint density at radius 1 is 0.500 bits per heavy atom. The summed E-state index contributed by atoms with van der Waals surface area (Å²) in [6.07, 6.45) is 5.05. The molecule has 3 aromatic rings. The molecule has 0 unspecified atom stereocenters. The van der Waals surface area contributed by atoms with Gasteiger partial charge in [-0.25, -0.2) is 15.0 Å². The number of pyridine rings is 3. The quantitative estimate of drug-likeness (QED) is 0.0993. The van der Waals surface area contributed by atoms with Crippen LogP contribution in [-0.4, -0.2) is 45.0 Å². The third-order valence-electron chi connectivity index (χ3n) is 5.06. The molecule has 3 rings (SSSR count). The highest BCUT2D eigenvalue weighted by Gasteiger charge is 2.21. The van der Waals surface area contributed by atoms with Gasteiger partial charge in [0.2, 0.25) is 0 Å². The molecule has 0 atom stereocenters. The van der Waals surface area contributed by atoms with E-state index in [4.69, 9.17) is 14.7 Å². The van der Waals surface area contributed by atoms with Gasteiger partial charge in [0, 0.05) is 35.3 Å². The second kappa shape index (κ2) is 16.3. The lowest BCUT2D eigenvalue weighted by molar-refractivity contribution is 0.368. The lowest BCUT2D eigenvalue weighted by atomic mass is 9.87. The number of nitrogens with zero attached hydrogens (tertiary/aromatic N) is 3. The fourth-order valence-corrected chi connectivity index (χ4v) is 4.10. The Hall–Kier alpha value is -1.40. The van der Waals surface area contributed by atoms with E-state index in [0.29, 0.717) is 13.8 Å². The van der Waals surface area contributed by atoms with Crippen LogP contribution in [0.1, 0.15) is 79.0 Å². The molecule has 224 valence electrons. The third-order valence-corrected chi connectivity index (χ3v) is 6.80. The van der Waals surface area contributed by atoms with Gasteiger partial charge in [-0.1, -0.05) is 62.3 Å². The highest BCUT2D eigenvalue weighted by molar-refractivity contribution is 9.11. The van der Waals surface area contributed by atoms with Gasteiger partial charge >= 0.3 is 8.60 Å². The molecule has 3 aromatic heterocycles. The number of aromatic hydroxyl groups is 3. The molecular formula is C27H39Br3N3O6P. The number of hydrogen-bond acceptors (Lipinski definition) is 9. The van der Waals surface area contributed by atoms with Crippen molar-refractivity contribution in [1.82, 2.24) is 15.0 Å². The van der Waals surface area contributed by atoms with Gasteiger partial charge in [-0.3, -0.25) is 0 Å². The predicted molar refractivity (Wildman–Crippen MR) is 170 cm³/mol. The van der Waals surface area contributed by atoms with E-state index in [1.165, 1.54) is 0 Å². The van der Waals surface area contributed by atoms with Crippen LogP contribution in [0.2, 0.25) is 0 Å². The predicted octanol–water partition coefficient (Wildman–Crippen LogP) is 7.73. The SMILES string of the molecule is CC(C)(C)c1ccnc(Br)c1O.CC(C)(C)c1ccnc(Br)c1O.CC(C)(C)c1ccnc(Br)c1O.OP(O)O. The first-order valence-electron chi connectivity index (χ1n) is 11.9. The molecule has 3 heterocycles. The van der Waals surface area contributed by atoms with Gasteiger partial charge < -0.3 is 30.0 Å². The standard InChI is InChI=1S/3C9H12BrNO.H3O3P/c3*1-9(2,3)6-4-5-11-8(10)7(6)12;1-4(2)3/h3*4-5,12H,1-3H3;1-3H. The fourth-order valence-electron chi connectivity index (χ4n) is 3.10. The minimum atomic E-state index is -2.62. The summed E-state index contributed by atoms with van der Waals surface area (Å²) in [5.41, 5.74) is 2.58. The van der Waals surface area contributed by atoms with E-state index in [1.54, 1.807) is 18.6 Å². The first-order chi connectivity index (χ1) is 18.0. The van der Waals surface area contributed by atoms with Crippen LogP contribution in [0, 0.1) is 0 Å². The van der Waals surface area contributed by atoms with Crippen molar-refractivity contribution in [3.05, 3.63) is 67.3 Å². The van der Waals surface area contributed by atoms with Crippen molar-refractivity contribution in [2.45, 2.75) is 78.6 Å². The highest BCUT2D eigenvalue weighted by atomic mass is 79.9. The van der Waals surface area contributed by atoms with Crippen molar-refractivity contribution < 1.29 is 30.0 Å². The zero-order valence-electron chi connectivity index (χ0n) is 24.1. The van der Waals surface area contributed by atoms with E-state index in [0.717, 1.165) is 16.7 Å². The van der Waals surface area contributed by atoms with Crippen molar-refractivity contribution in [2.24, 2.45) is 0 Å². The molecule has 9 nitrogen and oxygen atoms in total. The molecule has 6 N–H and O–H groups in total. The van der Waals surface area contributed by atoms with Crippen molar-refractivity contribution >= 4 is 56.4 Å². The van der Waals surface area contributed by atoms with Gasteiger partial charge in [-0.2, -0.15) is 0 Å². The molecule has 0 aliphatic rings. The first-order valence-corrected chi connectivity index (χ1v) is 15.5. The van der Waals surface area contributed by atoms with E-state index in [2.05, 4.69) is 125 Å².